The zero-order valence-corrected chi connectivity index (χ0v) is 16.0. The molecule has 2 saturated heterocycles. The number of benzene rings is 1. The highest BCUT2D eigenvalue weighted by atomic mass is 19.3. The average molecular weight is 393 g/mol. The van der Waals surface area contributed by atoms with E-state index >= 15 is 0 Å². The van der Waals surface area contributed by atoms with E-state index < -0.39 is 5.97 Å². The summed E-state index contributed by atoms with van der Waals surface area (Å²) in [4.78, 5) is 30.8. The summed E-state index contributed by atoms with van der Waals surface area (Å²) in [6, 6.07) is 5.74. The van der Waals surface area contributed by atoms with Crippen LogP contribution < -0.4 is 21.3 Å². The zero-order valence-electron chi connectivity index (χ0n) is 16.0. The molecule has 0 bridgehead atoms. The van der Waals surface area contributed by atoms with Gasteiger partial charge in [-0.05, 0) is 50.0 Å². The maximum absolute atomic E-state index is 12.5. The van der Waals surface area contributed by atoms with E-state index in [0.29, 0.717) is 30.9 Å². The topological polar surface area (TPSA) is 99.9 Å². The van der Waals surface area contributed by atoms with Gasteiger partial charge in [0.1, 0.15) is 6.54 Å². The average Bonchev–Trinajstić information content (AvgIpc) is 2.71. The number of nitrogens with one attached hydrogen (secondary N) is 2. The fourth-order valence-electron chi connectivity index (χ4n) is 3.79. The first kappa shape index (κ1) is 20.3. The molecule has 2 aliphatic heterocycles. The molecule has 0 spiro atoms. The Morgan fingerprint density at radius 3 is 2.61 bits per heavy atom. The number of carbonyl (C=O) groups is 2. The quantitative estimate of drug-likeness (QED) is 0.624. The second-order valence-corrected chi connectivity index (χ2v) is 7.43. The van der Waals surface area contributed by atoms with Crippen LogP contribution in [0, 0.1) is 5.92 Å². The van der Waals surface area contributed by atoms with Crippen LogP contribution >= 0.6 is 0 Å². The van der Waals surface area contributed by atoms with Gasteiger partial charge in [0, 0.05) is 42.8 Å². The highest BCUT2D eigenvalue weighted by Crippen LogP contribution is 2.27. The summed E-state index contributed by atoms with van der Waals surface area (Å²) < 4.78 is 11.8. The molecule has 9 heteroatoms. The molecule has 0 aliphatic carbocycles. The molecule has 0 atom stereocenters. The predicted octanol–water partition coefficient (Wildman–Crippen LogP) is 1.15. The molecular weight excluding hydrogens is 365 g/mol. The van der Waals surface area contributed by atoms with Gasteiger partial charge >= 0.3 is 5.97 Å². The van der Waals surface area contributed by atoms with Gasteiger partial charge < -0.3 is 21.3 Å². The number of amides is 1. The van der Waals surface area contributed by atoms with Crippen molar-refractivity contribution in [3.8, 4) is 0 Å². The fourth-order valence-corrected chi connectivity index (χ4v) is 3.79. The lowest BCUT2D eigenvalue weighted by Crippen LogP contribution is -2.43. The van der Waals surface area contributed by atoms with Crippen LogP contribution in [0.5, 0.6) is 0 Å². The number of hydrogen-bond donors (Lipinski definition) is 3. The number of likely N-dealkylation sites (tertiary alicyclic amines) is 1. The molecular formula is C19H28FN5O3. The number of anilines is 3. The Kier molecular flexibility index (Phi) is 7.05. The van der Waals surface area contributed by atoms with Crippen LogP contribution in [0.4, 0.5) is 21.6 Å². The maximum Gasteiger partial charge on any atom is 0.362 e. The van der Waals surface area contributed by atoms with Crippen molar-refractivity contribution in [3.05, 3.63) is 18.2 Å². The van der Waals surface area contributed by atoms with Gasteiger partial charge in [0.15, 0.2) is 0 Å². The first-order valence-corrected chi connectivity index (χ1v) is 9.74. The molecule has 0 aromatic heterocycles. The second-order valence-electron chi connectivity index (χ2n) is 7.43. The second kappa shape index (κ2) is 9.70. The van der Waals surface area contributed by atoms with Crippen LogP contribution in [-0.4, -0.2) is 62.6 Å². The number of hydrogen-bond acceptors (Lipinski definition) is 7. The van der Waals surface area contributed by atoms with E-state index in [9.17, 15) is 14.1 Å². The van der Waals surface area contributed by atoms with Gasteiger partial charge in [0.25, 0.3) is 0 Å². The molecule has 28 heavy (non-hydrogen) atoms. The lowest BCUT2D eigenvalue weighted by atomic mass is 9.93. The Balaban J connectivity index is 1.50. The van der Waals surface area contributed by atoms with Crippen LogP contribution in [0.2, 0.25) is 0 Å². The Hall–Kier alpha value is -2.39. The van der Waals surface area contributed by atoms with Crippen LogP contribution in [0.15, 0.2) is 18.2 Å². The predicted molar refractivity (Wildman–Crippen MR) is 106 cm³/mol. The van der Waals surface area contributed by atoms with Gasteiger partial charge in [-0.2, -0.15) is 0 Å². The van der Waals surface area contributed by atoms with Crippen molar-refractivity contribution in [1.29, 1.82) is 0 Å². The van der Waals surface area contributed by atoms with Crippen LogP contribution in [-0.2, 0) is 14.5 Å². The number of carbonyl (C=O) groups excluding carboxylic acids is 2. The Bertz CT molecular complexity index is 688. The molecule has 2 fully saturated rings. The van der Waals surface area contributed by atoms with E-state index in [1.807, 2.05) is 23.1 Å². The van der Waals surface area contributed by atoms with E-state index in [4.69, 9.17) is 5.73 Å². The summed E-state index contributed by atoms with van der Waals surface area (Å²) in [6.45, 7) is 4.96. The Labute approximate surface area is 164 Å². The Morgan fingerprint density at radius 2 is 1.93 bits per heavy atom. The third-order valence-electron chi connectivity index (χ3n) is 5.41. The summed E-state index contributed by atoms with van der Waals surface area (Å²) in [6.07, 6.45) is 1.96. The van der Waals surface area contributed by atoms with Crippen molar-refractivity contribution in [2.75, 3.05) is 61.8 Å². The molecule has 8 nitrogen and oxygen atoms in total. The molecule has 0 radical (unpaired) electrons. The molecule has 3 rings (SSSR count). The van der Waals surface area contributed by atoms with Crippen molar-refractivity contribution in [2.45, 2.75) is 19.3 Å². The smallest absolute Gasteiger partial charge is 0.362 e. The highest BCUT2D eigenvalue weighted by molar-refractivity contribution is 5.94. The van der Waals surface area contributed by atoms with Gasteiger partial charge in [-0.3, -0.25) is 14.6 Å². The molecule has 2 heterocycles. The van der Waals surface area contributed by atoms with Gasteiger partial charge in [0.05, 0.1) is 11.4 Å². The summed E-state index contributed by atoms with van der Waals surface area (Å²) >= 11 is 0. The molecule has 1 amide bonds. The summed E-state index contributed by atoms with van der Waals surface area (Å²) in [5, 5.41) is 6.27. The molecule has 0 unspecified atom stereocenters. The van der Waals surface area contributed by atoms with Crippen LogP contribution in [0.1, 0.15) is 19.3 Å². The molecule has 4 N–H and O–H groups in total. The first-order chi connectivity index (χ1) is 13.5. The van der Waals surface area contributed by atoms with E-state index in [0.717, 1.165) is 44.7 Å². The van der Waals surface area contributed by atoms with Gasteiger partial charge in [-0.1, -0.05) is 0 Å². The lowest BCUT2D eigenvalue weighted by molar-refractivity contribution is -0.185. The van der Waals surface area contributed by atoms with E-state index in [2.05, 4.69) is 20.5 Å². The Morgan fingerprint density at radius 1 is 1.21 bits per heavy atom. The van der Waals surface area contributed by atoms with Crippen LogP contribution in [0.3, 0.4) is 0 Å². The normalized spacial score (nSPS) is 18.7. The van der Waals surface area contributed by atoms with E-state index in [1.165, 1.54) is 0 Å². The standard InChI is InChI=1S/C19H28FN5O3/c20-28-19(27)13-24-7-3-14(4-8-24)11-18(26)23-17-12-15(1-2-16(17)21)25-9-5-22-6-10-25/h1-2,12,14,22H,3-11,13,21H2,(H,23,26). The molecule has 1 aromatic rings. The third-order valence-corrected chi connectivity index (χ3v) is 5.41. The number of nitrogens with zero attached hydrogens (tertiary/aromatic N) is 2. The minimum absolute atomic E-state index is 0.0508. The van der Waals surface area contributed by atoms with E-state index in [-0.39, 0.29) is 18.4 Å². The molecule has 0 saturated carbocycles. The molecule has 1 aromatic carbocycles. The van der Waals surface area contributed by atoms with Crippen molar-refractivity contribution < 1.29 is 19.1 Å². The lowest BCUT2D eigenvalue weighted by Gasteiger charge is -2.31. The number of rotatable bonds is 6. The highest BCUT2D eigenvalue weighted by Gasteiger charge is 2.24. The number of nitrogen functional groups attached to an aromatic ring is 1. The van der Waals surface area contributed by atoms with Crippen LogP contribution in [0.25, 0.3) is 0 Å². The van der Waals surface area contributed by atoms with Crippen molar-refractivity contribution >= 4 is 28.9 Å². The largest absolute Gasteiger partial charge is 0.397 e. The monoisotopic (exact) mass is 393 g/mol. The van der Waals surface area contributed by atoms with Gasteiger partial charge in [-0.25, -0.2) is 4.79 Å². The van der Waals surface area contributed by atoms with Gasteiger partial charge in [-0.15, -0.1) is 0 Å². The zero-order chi connectivity index (χ0) is 19.9. The minimum Gasteiger partial charge on any atom is -0.397 e. The maximum atomic E-state index is 12.5. The van der Waals surface area contributed by atoms with Crippen molar-refractivity contribution in [3.63, 3.8) is 0 Å². The summed E-state index contributed by atoms with van der Waals surface area (Å²) in [5.74, 6) is -0.711. The molecule has 2 aliphatic rings. The number of piperidine rings is 1. The first-order valence-electron chi connectivity index (χ1n) is 9.74. The minimum atomic E-state index is -0.879. The fraction of sp³-hybridized carbons (Fsp3) is 0.579. The van der Waals surface area contributed by atoms with Crippen molar-refractivity contribution in [2.24, 2.45) is 5.92 Å². The number of piperazine rings is 1. The van der Waals surface area contributed by atoms with Crippen molar-refractivity contribution in [1.82, 2.24) is 10.2 Å². The number of halogens is 1. The summed E-state index contributed by atoms with van der Waals surface area (Å²) in [7, 11) is 0. The summed E-state index contributed by atoms with van der Waals surface area (Å²) in [5.41, 5.74) is 8.30. The van der Waals surface area contributed by atoms with E-state index in [1.54, 1.807) is 0 Å². The number of nitrogens with two attached hydrogens (primary N) is 1. The molecule has 154 valence electrons. The SMILES string of the molecule is Nc1ccc(N2CCNCC2)cc1NC(=O)CC1CCN(CC(=O)OF)CC1. The van der Waals surface area contributed by atoms with Gasteiger partial charge in [0.2, 0.25) is 5.91 Å². The third kappa shape index (κ3) is 5.56.